The number of rotatable bonds is 59. The lowest BCUT2D eigenvalue weighted by Crippen LogP contribution is -2.50. The summed E-state index contributed by atoms with van der Waals surface area (Å²) in [7, 11) is 0. The number of H-pyrrole nitrogens is 1. The van der Waals surface area contributed by atoms with Gasteiger partial charge < -0.3 is 102 Å². The van der Waals surface area contributed by atoms with Gasteiger partial charge in [-0.3, -0.25) is 91.5 Å². The zero-order chi connectivity index (χ0) is 92.5. The van der Waals surface area contributed by atoms with Gasteiger partial charge in [0.25, 0.3) is 0 Å². The fourth-order valence-electron chi connectivity index (χ4n) is 12.9. The first kappa shape index (κ1) is 110. The highest BCUT2D eigenvalue weighted by molar-refractivity contribution is 6.01. The van der Waals surface area contributed by atoms with Gasteiger partial charge >= 0.3 is 11.9 Å². The van der Waals surface area contributed by atoms with Crippen LogP contribution in [0.2, 0.25) is 0 Å². The van der Waals surface area contributed by atoms with Crippen LogP contribution in [0.25, 0.3) is 0 Å². The van der Waals surface area contributed by atoms with Crippen LogP contribution >= 0.6 is 0 Å². The number of primary amides is 1. The molecule has 1 rings (SSSR count). The molecule has 24 N–H and O–H groups in total. The summed E-state index contributed by atoms with van der Waals surface area (Å²) in [6.45, 7) is 24.9. The number of imidazole rings is 1. The van der Waals surface area contributed by atoms with Crippen LogP contribution in [0.1, 0.15) is 219 Å². The lowest BCUT2D eigenvalue weighted by molar-refractivity contribution is -0.144. The molecule has 0 radical (unpaired) electrons. The number of aliphatic hydroxyl groups is 4. The van der Waals surface area contributed by atoms with Crippen molar-refractivity contribution in [1.82, 2.24) is 47.2 Å². The van der Waals surface area contributed by atoms with Crippen LogP contribution in [0.5, 0.6) is 0 Å². The van der Waals surface area contributed by atoms with Crippen LogP contribution in [0.15, 0.2) is 22.5 Å². The van der Waals surface area contributed by atoms with Crippen molar-refractivity contribution >= 4 is 111 Å². The molecule has 39 heteroatoms. The van der Waals surface area contributed by atoms with Gasteiger partial charge in [0.05, 0.1) is 101 Å². The van der Waals surface area contributed by atoms with E-state index in [4.69, 9.17) is 28.7 Å². The number of hydrogen-bond donors (Lipinski definition) is 19. The highest BCUT2D eigenvalue weighted by Crippen LogP contribution is 2.29. The summed E-state index contributed by atoms with van der Waals surface area (Å²) in [5.41, 5.74) is 24.9. The third-order valence-electron chi connectivity index (χ3n) is 18.8. The molecule has 39 nitrogen and oxygen atoms in total. The quantitative estimate of drug-likeness (QED) is 0.0220. The second-order valence-corrected chi connectivity index (χ2v) is 35.5. The van der Waals surface area contributed by atoms with Crippen LogP contribution in [0.4, 0.5) is 0 Å². The Morgan fingerprint density at radius 2 is 0.742 bits per heavy atom. The third kappa shape index (κ3) is 46.8. The first-order valence-corrected chi connectivity index (χ1v) is 40.4. The van der Waals surface area contributed by atoms with E-state index in [2.05, 4.69) is 57.2 Å². The second kappa shape index (κ2) is 53.8. The number of carbonyl (C=O) groups is 17. The molecule has 120 heavy (non-hydrogen) atoms. The fourth-order valence-corrected chi connectivity index (χ4v) is 12.9. The average Bonchev–Trinajstić information content (AvgIpc) is 1.66. The molecule has 1 heterocycles. The number of guanidine groups is 2. The molecule has 0 aliphatic rings. The van der Waals surface area contributed by atoms with Crippen molar-refractivity contribution < 1.29 is 112 Å². The zero-order valence-electron chi connectivity index (χ0n) is 72.8. The second-order valence-electron chi connectivity index (χ2n) is 35.5. The molecule has 1 aromatic heterocycles. The van der Waals surface area contributed by atoms with Crippen molar-refractivity contribution in [1.29, 1.82) is 0 Å². The topological polar surface area (TPSA) is 679 Å². The van der Waals surface area contributed by atoms with E-state index in [0.717, 1.165) is 0 Å². The average molecular weight is 1700 g/mol. The van der Waals surface area contributed by atoms with Gasteiger partial charge in [0.15, 0.2) is 52.4 Å². The summed E-state index contributed by atoms with van der Waals surface area (Å²) in [5.74, 6) is -21.6. The number of nitrogens with one attached hydrogen (secondary N) is 8. The number of aliphatic hydroxyl groups excluding tert-OH is 4. The van der Waals surface area contributed by atoms with Crippen LogP contribution in [0.3, 0.4) is 0 Å². The number of carboxylic acids is 2. The monoisotopic (exact) mass is 1700 g/mol. The molecule has 0 bridgehead atoms. The van der Waals surface area contributed by atoms with Crippen molar-refractivity contribution in [2.45, 2.75) is 261 Å². The van der Waals surface area contributed by atoms with Gasteiger partial charge in [-0.05, 0) is 98.3 Å². The van der Waals surface area contributed by atoms with Crippen LogP contribution in [-0.2, 0) is 87.9 Å². The highest BCUT2D eigenvalue weighted by atomic mass is 16.4. The van der Waals surface area contributed by atoms with Gasteiger partial charge in [0, 0.05) is 116 Å². The van der Waals surface area contributed by atoms with E-state index in [-0.39, 0.29) is 111 Å². The number of Topliss-reactive ketones (excluding diaryl/α,β-unsaturated/α-hetero) is 9. The Morgan fingerprint density at radius 3 is 1.07 bits per heavy atom. The van der Waals surface area contributed by atoms with E-state index >= 15 is 0 Å². The summed E-state index contributed by atoms with van der Waals surface area (Å²) < 4.78 is 0. The molecule has 680 valence electrons. The maximum absolute atomic E-state index is 13.7. The third-order valence-corrected chi connectivity index (χ3v) is 18.8. The molecular weight excluding hydrogens is 1560 g/mol. The Kier molecular flexibility index (Phi) is 49.5. The van der Waals surface area contributed by atoms with E-state index in [9.17, 15) is 112 Å². The van der Waals surface area contributed by atoms with Crippen molar-refractivity contribution in [2.75, 3.05) is 52.6 Å². The van der Waals surface area contributed by atoms with E-state index in [0.29, 0.717) is 18.5 Å². The summed E-state index contributed by atoms with van der Waals surface area (Å²) in [6, 6.07) is -5.95. The summed E-state index contributed by atoms with van der Waals surface area (Å²) in [4.78, 5) is 236. The smallest absolute Gasteiger partial charge is 0.304 e. The predicted octanol–water partition coefficient (Wildman–Crippen LogP) is -0.610. The van der Waals surface area contributed by atoms with E-state index in [1.165, 1.54) is 12.5 Å². The normalized spacial score (nSPS) is 14.8. The standard InChI is InChI=1S/C46H76N10O13.C35H62N6O10/c1-25(2)12-33(56-46(6,7)8)36(61)17-29(22-57)41(67)52-21-31(59)14-26(10-9-11-51-44(48)49)42(68)55-34(23-58)37(62)16-28(18-39(64)65)43(69)54-32(19-38(47)63)35(60)15-27(40(66)45(3,4)5)13-30-20-50-24-53-30;1-20(2)12-25(41-35(6,7)8)27(45)15-23(18-42)31(50)39-17-24(44)13-21(10-9-11-38-33(36)37)32(51)40-26(19-43)28(46)14-22(16-29(47)48)30(49)34(3,4)5/h20,24-29,32-34,56-58H,9-19,21-23H2,1-8H3,(H2,47,63)(H,50,53)(H,52,67)(H,54,69)(H,55,68)(H,64,65)(H4,48,49,51);20-23,25-26,41-43H,9-19H2,1-8H3,(H,39,50)(H,40,51)(H,47,48)(H4,36,37,38)/t26-,27-,28+,29+,32-,33-,34-;21-,22+,23+,25-,26-/m00/s1. The van der Waals surface area contributed by atoms with Gasteiger partial charge in [0.2, 0.25) is 35.4 Å². The van der Waals surface area contributed by atoms with Gasteiger partial charge in [-0.1, -0.05) is 69.2 Å². The van der Waals surface area contributed by atoms with E-state index in [1.54, 1.807) is 41.5 Å². The Bertz CT molecular complexity index is 3640. The zero-order valence-corrected chi connectivity index (χ0v) is 72.8. The van der Waals surface area contributed by atoms with Crippen molar-refractivity contribution in [3.63, 3.8) is 0 Å². The molecule has 1 aromatic rings. The lowest BCUT2D eigenvalue weighted by Gasteiger charge is -2.29. The van der Waals surface area contributed by atoms with Gasteiger partial charge in [-0.15, -0.1) is 0 Å². The molecule has 0 aliphatic heterocycles. The highest BCUT2D eigenvalue weighted by Gasteiger charge is 2.40. The maximum Gasteiger partial charge on any atom is 0.304 e. The molecule has 0 saturated heterocycles. The summed E-state index contributed by atoms with van der Waals surface area (Å²) in [6.07, 6.45) is -1.23. The summed E-state index contributed by atoms with van der Waals surface area (Å²) >= 11 is 0. The number of aromatic nitrogens is 2. The molecule has 0 saturated carbocycles. The molecule has 0 aliphatic carbocycles. The SMILES string of the molecule is CC(C)C[C@H](NC(C)(C)C)C(=O)C[C@H](CO)C(=O)NCC(=O)C[C@H](CCCN=C(N)N)C(=O)N[C@@H](CO)C(=O)C[C@H](CC(=O)O)C(=O)C(C)(C)C.CC(C)C[C@H](NC(C)(C)C)C(=O)C[C@H](CO)C(=O)NCC(=O)C[C@H](CCCN=C(N)N)C(=O)N[C@@H](CO)C(=O)C[C@H](CC(=O)O)C(=O)N[C@@H](CC(N)=O)C(=O)C[C@H](Cc1cnc[nH]1)C(=O)C(C)(C)C. The number of nitrogens with zero attached hydrogens (tertiary/aromatic N) is 3. The molecule has 0 spiro atoms. The minimum Gasteiger partial charge on any atom is -0.481 e. The van der Waals surface area contributed by atoms with Crippen LogP contribution < -0.4 is 65.9 Å². The first-order valence-electron chi connectivity index (χ1n) is 40.4. The first-order chi connectivity index (χ1) is 55.4. The lowest BCUT2D eigenvalue weighted by atomic mass is 9.78. The molecule has 0 fully saturated rings. The number of amides is 6. The molecule has 6 amide bonds. The van der Waals surface area contributed by atoms with E-state index in [1.807, 2.05) is 69.2 Å². The number of aromatic amines is 1. The number of hydrogen-bond acceptors (Lipinski definition) is 26. The molecular formula is C81H138N16O23. The predicted molar refractivity (Wildman–Crippen MR) is 444 cm³/mol. The van der Waals surface area contributed by atoms with Crippen LogP contribution in [-0.4, -0.2) is 246 Å². The minimum absolute atomic E-state index is 0.0379. The maximum atomic E-state index is 13.7. The number of aliphatic carboxylic acids is 2. The molecule has 0 aromatic carbocycles. The number of nitrogens with two attached hydrogens (primary N) is 5. The van der Waals surface area contributed by atoms with Crippen molar-refractivity contribution in [3.8, 4) is 0 Å². The Balaban J connectivity index is 0.00000247. The molecule has 12 atom stereocenters. The molecule has 0 unspecified atom stereocenters. The number of carbonyl (C=O) groups excluding carboxylic acids is 15. The summed E-state index contributed by atoms with van der Waals surface area (Å²) in [5, 5.41) is 77.6. The van der Waals surface area contributed by atoms with Gasteiger partial charge in [-0.25, -0.2) is 4.98 Å². The van der Waals surface area contributed by atoms with Crippen molar-refractivity contribution in [3.05, 3.63) is 18.2 Å². The Morgan fingerprint density at radius 1 is 0.408 bits per heavy atom. The minimum atomic E-state index is -1.72. The van der Waals surface area contributed by atoms with Gasteiger partial charge in [-0.2, -0.15) is 0 Å². The van der Waals surface area contributed by atoms with Gasteiger partial charge in [0.1, 0.15) is 23.7 Å². The largest absolute Gasteiger partial charge is 0.481 e. The fraction of sp³-hybridized carbons (Fsp3) is 0.728. The Hall–Kier alpha value is -9.70. The number of ketones is 9. The Labute approximate surface area is 702 Å². The number of aliphatic imine (C=N–C) groups is 2. The van der Waals surface area contributed by atoms with Crippen molar-refractivity contribution in [2.24, 2.45) is 103 Å². The van der Waals surface area contributed by atoms with Crippen LogP contribution in [0, 0.1) is 64.1 Å². The van der Waals surface area contributed by atoms with E-state index < -0.39 is 255 Å². The number of carboxylic acid groups (broad SMARTS) is 2.